The first kappa shape index (κ1) is 7.22. The van der Waals surface area contributed by atoms with Crippen LogP contribution >= 0.6 is 11.8 Å². The van der Waals surface area contributed by atoms with Gasteiger partial charge >= 0.3 is 0 Å². The van der Waals surface area contributed by atoms with Gasteiger partial charge in [-0.15, -0.1) is 0 Å². The molecule has 1 unspecified atom stereocenters. The first-order valence-corrected chi connectivity index (χ1v) is 4.74. The van der Waals surface area contributed by atoms with Crippen molar-refractivity contribution in [1.29, 1.82) is 0 Å². The zero-order chi connectivity index (χ0) is 7.84. The standard InChI is InChI=1S/C8H12N2S/c1-6-7-4-3-5-10(7)8(9-2)11-6/h7H,1,3-5H2,2H3. The molecule has 0 spiro atoms. The Hall–Kier alpha value is -0.440. The molecule has 1 atom stereocenters. The van der Waals surface area contributed by atoms with Crippen molar-refractivity contribution >= 4 is 16.9 Å². The first-order valence-electron chi connectivity index (χ1n) is 3.93. The van der Waals surface area contributed by atoms with Gasteiger partial charge in [0.2, 0.25) is 0 Å². The molecule has 0 aliphatic carbocycles. The maximum absolute atomic E-state index is 4.23. The lowest BCUT2D eigenvalue weighted by Crippen LogP contribution is -2.26. The van der Waals surface area contributed by atoms with Crippen LogP contribution < -0.4 is 0 Å². The summed E-state index contributed by atoms with van der Waals surface area (Å²) in [6, 6.07) is 0.596. The van der Waals surface area contributed by atoms with E-state index in [1.807, 2.05) is 7.05 Å². The predicted octanol–water partition coefficient (Wildman–Crippen LogP) is 1.70. The molecule has 0 amide bonds. The van der Waals surface area contributed by atoms with Crippen LogP contribution in [0.2, 0.25) is 0 Å². The third kappa shape index (κ3) is 0.984. The van der Waals surface area contributed by atoms with Gasteiger partial charge in [-0.05, 0) is 12.8 Å². The Morgan fingerprint density at radius 3 is 3.27 bits per heavy atom. The summed E-state index contributed by atoms with van der Waals surface area (Å²) in [6.45, 7) is 5.21. The van der Waals surface area contributed by atoms with Gasteiger partial charge in [0, 0.05) is 18.5 Å². The van der Waals surface area contributed by atoms with Crippen LogP contribution in [0.5, 0.6) is 0 Å². The summed E-state index contributed by atoms with van der Waals surface area (Å²) in [4.78, 5) is 7.87. The highest BCUT2D eigenvalue weighted by atomic mass is 32.2. The molecule has 0 aromatic heterocycles. The molecule has 2 aliphatic heterocycles. The summed E-state index contributed by atoms with van der Waals surface area (Å²) in [5, 5.41) is 1.16. The summed E-state index contributed by atoms with van der Waals surface area (Å²) in [7, 11) is 1.86. The minimum atomic E-state index is 0.596. The van der Waals surface area contributed by atoms with E-state index in [0.29, 0.717) is 6.04 Å². The Morgan fingerprint density at radius 2 is 2.55 bits per heavy atom. The summed E-state index contributed by atoms with van der Waals surface area (Å²) in [5.74, 6) is 0. The maximum atomic E-state index is 4.23. The Labute approximate surface area is 71.4 Å². The normalized spacial score (nSPS) is 33.5. The molecule has 2 aliphatic rings. The summed E-state index contributed by atoms with van der Waals surface area (Å²) in [5.41, 5.74) is 0. The van der Waals surface area contributed by atoms with E-state index in [9.17, 15) is 0 Å². The smallest absolute Gasteiger partial charge is 0.164 e. The SMILES string of the molecule is C=C1SC(=NC)N2CCCC12. The van der Waals surface area contributed by atoms with Gasteiger partial charge in [-0.2, -0.15) is 0 Å². The van der Waals surface area contributed by atoms with Crippen molar-refractivity contribution < 1.29 is 0 Å². The van der Waals surface area contributed by atoms with E-state index < -0.39 is 0 Å². The van der Waals surface area contributed by atoms with Gasteiger partial charge in [0.05, 0.1) is 6.04 Å². The van der Waals surface area contributed by atoms with E-state index in [1.54, 1.807) is 11.8 Å². The predicted molar refractivity (Wildman–Crippen MR) is 49.8 cm³/mol. The quantitative estimate of drug-likeness (QED) is 0.547. The number of thioether (sulfide) groups is 1. The van der Waals surface area contributed by atoms with Gasteiger partial charge in [0.25, 0.3) is 0 Å². The van der Waals surface area contributed by atoms with E-state index in [4.69, 9.17) is 0 Å². The first-order chi connectivity index (χ1) is 5.33. The largest absolute Gasteiger partial charge is 0.344 e. The van der Waals surface area contributed by atoms with Crippen LogP contribution in [0.4, 0.5) is 0 Å². The number of hydrogen-bond acceptors (Lipinski definition) is 2. The molecule has 0 N–H and O–H groups in total. The molecule has 2 saturated heterocycles. The lowest BCUT2D eigenvalue weighted by molar-refractivity contribution is 0.461. The van der Waals surface area contributed by atoms with Crippen LogP contribution in [0.15, 0.2) is 16.5 Å². The fraction of sp³-hybridized carbons (Fsp3) is 0.625. The van der Waals surface area contributed by atoms with Crippen LogP contribution in [0.3, 0.4) is 0 Å². The fourth-order valence-corrected chi connectivity index (χ4v) is 2.79. The van der Waals surface area contributed by atoms with Crippen molar-refractivity contribution in [1.82, 2.24) is 4.90 Å². The van der Waals surface area contributed by atoms with E-state index in [-0.39, 0.29) is 0 Å². The van der Waals surface area contributed by atoms with Gasteiger partial charge in [0.15, 0.2) is 5.17 Å². The van der Waals surface area contributed by atoms with E-state index >= 15 is 0 Å². The van der Waals surface area contributed by atoms with E-state index in [0.717, 1.165) is 5.17 Å². The fourth-order valence-electron chi connectivity index (χ4n) is 1.75. The highest BCUT2D eigenvalue weighted by Gasteiger charge is 2.36. The van der Waals surface area contributed by atoms with Gasteiger partial charge in [-0.25, -0.2) is 0 Å². The van der Waals surface area contributed by atoms with Crippen LogP contribution in [0.1, 0.15) is 12.8 Å². The number of fused-ring (bicyclic) bond motifs is 1. The van der Waals surface area contributed by atoms with Crippen molar-refractivity contribution in [2.75, 3.05) is 13.6 Å². The van der Waals surface area contributed by atoms with Crippen LogP contribution in [0, 0.1) is 0 Å². The summed E-state index contributed by atoms with van der Waals surface area (Å²) >= 11 is 1.74. The average Bonchev–Trinajstić information content (AvgIpc) is 2.54. The van der Waals surface area contributed by atoms with Crippen molar-refractivity contribution in [2.24, 2.45) is 4.99 Å². The number of hydrogen-bond donors (Lipinski definition) is 0. The number of rotatable bonds is 0. The minimum Gasteiger partial charge on any atom is -0.344 e. The molecule has 0 radical (unpaired) electrons. The molecular formula is C8H12N2S. The molecule has 3 heteroatoms. The number of aliphatic imine (C=N–C) groups is 1. The molecule has 0 aromatic carbocycles. The Balaban J connectivity index is 2.27. The highest BCUT2D eigenvalue weighted by Crippen LogP contribution is 2.39. The zero-order valence-corrected chi connectivity index (χ0v) is 7.52. The molecule has 2 rings (SSSR count). The second kappa shape index (κ2) is 2.55. The highest BCUT2D eigenvalue weighted by molar-refractivity contribution is 8.17. The van der Waals surface area contributed by atoms with Gasteiger partial charge < -0.3 is 4.90 Å². The average molecular weight is 168 g/mol. The van der Waals surface area contributed by atoms with Gasteiger partial charge in [0.1, 0.15) is 0 Å². The van der Waals surface area contributed by atoms with Crippen molar-refractivity contribution in [3.05, 3.63) is 11.5 Å². The Bertz CT molecular complexity index is 222. The molecule has 2 fully saturated rings. The zero-order valence-electron chi connectivity index (χ0n) is 6.71. The lowest BCUT2D eigenvalue weighted by Gasteiger charge is -2.15. The molecule has 2 nitrogen and oxygen atoms in total. The lowest BCUT2D eigenvalue weighted by atomic mass is 10.2. The van der Waals surface area contributed by atoms with E-state index in [2.05, 4.69) is 16.5 Å². The maximum Gasteiger partial charge on any atom is 0.164 e. The molecule has 2 heterocycles. The van der Waals surface area contributed by atoms with Crippen LogP contribution in [-0.4, -0.2) is 29.7 Å². The molecule has 0 bridgehead atoms. The van der Waals surface area contributed by atoms with Crippen LogP contribution in [0.25, 0.3) is 0 Å². The summed E-state index contributed by atoms with van der Waals surface area (Å²) in [6.07, 6.45) is 2.56. The third-order valence-electron chi connectivity index (χ3n) is 2.28. The minimum absolute atomic E-state index is 0.596. The Morgan fingerprint density at radius 1 is 1.73 bits per heavy atom. The second-order valence-corrected chi connectivity index (χ2v) is 4.02. The van der Waals surface area contributed by atoms with Gasteiger partial charge in [-0.1, -0.05) is 18.3 Å². The molecular weight excluding hydrogens is 156 g/mol. The molecule has 60 valence electrons. The second-order valence-electron chi connectivity index (χ2n) is 2.93. The van der Waals surface area contributed by atoms with Crippen molar-refractivity contribution in [2.45, 2.75) is 18.9 Å². The summed E-state index contributed by atoms with van der Waals surface area (Å²) < 4.78 is 0. The molecule has 11 heavy (non-hydrogen) atoms. The Kier molecular flexibility index (Phi) is 1.68. The number of amidine groups is 1. The van der Waals surface area contributed by atoms with Gasteiger partial charge in [-0.3, -0.25) is 4.99 Å². The van der Waals surface area contributed by atoms with Crippen molar-refractivity contribution in [3.8, 4) is 0 Å². The topological polar surface area (TPSA) is 15.6 Å². The van der Waals surface area contributed by atoms with Crippen LogP contribution in [-0.2, 0) is 0 Å². The number of nitrogens with zero attached hydrogens (tertiary/aromatic N) is 2. The third-order valence-corrected chi connectivity index (χ3v) is 3.42. The van der Waals surface area contributed by atoms with Crippen molar-refractivity contribution in [3.63, 3.8) is 0 Å². The van der Waals surface area contributed by atoms with E-state index in [1.165, 1.54) is 24.3 Å². The monoisotopic (exact) mass is 168 g/mol. The molecule has 0 saturated carbocycles. The molecule has 0 aromatic rings.